The van der Waals surface area contributed by atoms with Crippen molar-refractivity contribution in [1.82, 2.24) is 0 Å². The molecule has 154 valence electrons. The Morgan fingerprint density at radius 3 is 2.52 bits per heavy atom. The van der Waals surface area contributed by atoms with Crippen LogP contribution in [0.4, 0.5) is 8.78 Å². The molecule has 0 aromatic heterocycles. The lowest BCUT2D eigenvalue weighted by molar-refractivity contribution is -0.160. The molecule has 1 N–H and O–H groups in total. The van der Waals surface area contributed by atoms with E-state index in [4.69, 9.17) is 0 Å². The van der Waals surface area contributed by atoms with E-state index in [2.05, 4.69) is 6.92 Å². The third-order valence-electron chi connectivity index (χ3n) is 9.13. The summed E-state index contributed by atoms with van der Waals surface area (Å²) in [5, 5.41) is 10.3. The van der Waals surface area contributed by atoms with Gasteiger partial charge < -0.3 is 5.11 Å². The van der Waals surface area contributed by atoms with Gasteiger partial charge in [-0.2, -0.15) is 11.8 Å². The molecule has 0 radical (unpaired) electrons. The highest BCUT2D eigenvalue weighted by Crippen LogP contribution is 2.64. The summed E-state index contributed by atoms with van der Waals surface area (Å²) >= 11 is 1.64. The molecule has 0 aliphatic heterocycles. The molecule has 0 saturated heterocycles. The third-order valence-corrected chi connectivity index (χ3v) is 9.70. The van der Waals surface area contributed by atoms with Gasteiger partial charge in [0.1, 0.15) is 11.4 Å². The lowest BCUT2D eigenvalue weighted by Crippen LogP contribution is -2.53. The Bertz CT molecular complexity index is 585. The van der Waals surface area contributed by atoms with Crippen molar-refractivity contribution in [3.63, 3.8) is 0 Å². The Balaban J connectivity index is 1.50. The number of carbonyl (C=O) groups is 1. The van der Waals surface area contributed by atoms with Gasteiger partial charge in [0, 0.05) is 5.92 Å². The van der Waals surface area contributed by atoms with Crippen LogP contribution in [-0.2, 0) is 4.79 Å². The molecular weight excluding hydrogens is 366 g/mol. The van der Waals surface area contributed by atoms with Gasteiger partial charge in [0.25, 0.3) is 6.43 Å². The number of hydrogen-bond donors (Lipinski definition) is 1. The van der Waals surface area contributed by atoms with Crippen LogP contribution in [0.1, 0.15) is 64.7 Å². The van der Waals surface area contributed by atoms with Crippen LogP contribution in [0.5, 0.6) is 0 Å². The van der Waals surface area contributed by atoms with E-state index < -0.39 is 12.0 Å². The van der Waals surface area contributed by atoms with Crippen molar-refractivity contribution in [3.8, 4) is 0 Å². The molecule has 0 bridgehead atoms. The van der Waals surface area contributed by atoms with Gasteiger partial charge in [-0.05, 0) is 99.0 Å². The number of halogens is 2. The highest BCUT2D eigenvalue weighted by atomic mass is 32.2. The molecule has 0 spiro atoms. The van der Waals surface area contributed by atoms with E-state index in [0.29, 0.717) is 35.2 Å². The first-order chi connectivity index (χ1) is 12.8. The van der Waals surface area contributed by atoms with Crippen LogP contribution in [0, 0.1) is 40.9 Å². The Morgan fingerprint density at radius 2 is 1.81 bits per heavy atom. The first-order valence-electron chi connectivity index (χ1n) is 10.8. The van der Waals surface area contributed by atoms with Crippen LogP contribution >= 0.6 is 11.8 Å². The van der Waals surface area contributed by atoms with Gasteiger partial charge in [-0.3, -0.25) is 4.79 Å². The molecule has 8 atom stereocenters. The van der Waals surface area contributed by atoms with Gasteiger partial charge in [-0.25, -0.2) is 8.78 Å². The zero-order valence-electron chi connectivity index (χ0n) is 16.6. The SMILES string of the molecule is CSCC(=O)[C@H]1CC[C@H]2[C@@H]3CC[C@@H]4C[C@@](O)(C(F)F)CC[C@@H]4[C@H]3CC[C@]12C. The number of carbonyl (C=O) groups excluding carboxylic acids is 1. The minimum absolute atomic E-state index is 0.152. The molecule has 0 aromatic carbocycles. The zero-order chi connectivity index (χ0) is 19.4. The first kappa shape index (κ1) is 20.1. The highest BCUT2D eigenvalue weighted by molar-refractivity contribution is 7.99. The van der Waals surface area contributed by atoms with Crippen LogP contribution in [-0.4, -0.2) is 34.9 Å². The maximum absolute atomic E-state index is 13.3. The standard InChI is InChI=1S/C22H34F2O2S/c1-21-9-7-15-14-8-10-22(26,20(23)24)11-13(14)3-4-16(15)17(21)5-6-18(21)19(25)12-27-2/h13-18,20,26H,3-12H2,1-2H3/t13-,14+,15-,16-,17+,18-,21+,22-/m1/s1. The van der Waals surface area contributed by atoms with Gasteiger partial charge in [-0.15, -0.1) is 0 Å². The van der Waals surface area contributed by atoms with Crippen LogP contribution in [0.25, 0.3) is 0 Å². The van der Waals surface area contributed by atoms with E-state index in [1.54, 1.807) is 11.8 Å². The molecule has 4 fully saturated rings. The number of alkyl halides is 2. The molecule has 4 rings (SSSR count). The van der Waals surface area contributed by atoms with Gasteiger partial charge in [0.05, 0.1) is 5.75 Å². The minimum Gasteiger partial charge on any atom is -0.384 e. The molecule has 2 nitrogen and oxygen atoms in total. The fourth-order valence-corrected chi connectivity index (χ4v) is 8.37. The fraction of sp³-hybridized carbons (Fsp3) is 0.955. The fourth-order valence-electron chi connectivity index (χ4n) is 7.88. The van der Waals surface area contributed by atoms with E-state index in [0.717, 1.165) is 38.5 Å². The summed E-state index contributed by atoms with van der Waals surface area (Å²) in [4.78, 5) is 12.7. The average molecular weight is 401 g/mol. The third kappa shape index (κ3) is 3.19. The summed E-state index contributed by atoms with van der Waals surface area (Å²) in [6.07, 6.45) is 7.25. The normalized spacial score (nSPS) is 49.4. The van der Waals surface area contributed by atoms with Crippen molar-refractivity contribution in [3.05, 3.63) is 0 Å². The number of thioether (sulfide) groups is 1. The van der Waals surface area contributed by atoms with Gasteiger partial charge in [-0.1, -0.05) is 6.92 Å². The summed E-state index contributed by atoms with van der Waals surface area (Å²) in [6.45, 7) is 2.37. The second-order valence-electron chi connectivity index (χ2n) is 10.2. The smallest absolute Gasteiger partial charge is 0.266 e. The second-order valence-corrected chi connectivity index (χ2v) is 11.0. The molecule has 0 unspecified atom stereocenters. The molecule has 0 aromatic rings. The maximum atomic E-state index is 13.3. The molecule has 4 saturated carbocycles. The molecule has 4 aliphatic rings. The summed E-state index contributed by atoms with van der Waals surface area (Å²) in [6, 6.07) is 0. The summed E-state index contributed by atoms with van der Waals surface area (Å²) < 4.78 is 26.6. The molecule has 27 heavy (non-hydrogen) atoms. The van der Waals surface area contributed by atoms with Crippen molar-refractivity contribution < 1.29 is 18.7 Å². The first-order valence-corrected chi connectivity index (χ1v) is 12.2. The van der Waals surface area contributed by atoms with Crippen molar-refractivity contribution >= 4 is 17.5 Å². The van der Waals surface area contributed by atoms with Crippen LogP contribution < -0.4 is 0 Å². The Hall–Kier alpha value is -0.160. The highest BCUT2D eigenvalue weighted by Gasteiger charge is 2.59. The van der Waals surface area contributed by atoms with Gasteiger partial charge in [0.2, 0.25) is 0 Å². The number of ketones is 1. The Morgan fingerprint density at radius 1 is 1.07 bits per heavy atom. The van der Waals surface area contributed by atoms with Crippen molar-refractivity contribution in [2.75, 3.05) is 12.0 Å². The lowest BCUT2D eigenvalue weighted by Gasteiger charge is -2.57. The summed E-state index contributed by atoms with van der Waals surface area (Å²) in [5.41, 5.74) is -1.60. The van der Waals surface area contributed by atoms with Crippen molar-refractivity contribution in [2.45, 2.75) is 76.7 Å². The predicted molar refractivity (Wildman–Crippen MR) is 105 cm³/mol. The summed E-state index contributed by atoms with van der Waals surface area (Å²) in [7, 11) is 0. The Labute approximate surface area is 166 Å². The lowest BCUT2D eigenvalue weighted by atomic mass is 9.49. The summed E-state index contributed by atoms with van der Waals surface area (Å²) in [5.74, 6) is 3.99. The monoisotopic (exact) mass is 400 g/mol. The molecular formula is C22H34F2O2S. The number of hydrogen-bond acceptors (Lipinski definition) is 3. The van der Waals surface area contributed by atoms with E-state index in [9.17, 15) is 18.7 Å². The maximum Gasteiger partial charge on any atom is 0.266 e. The number of Topliss-reactive ketones (excluding diaryl/α,β-unsaturated/α-hetero) is 1. The predicted octanol–water partition coefficient (Wildman–Crippen LogP) is 5.18. The van der Waals surface area contributed by atoms with E-state index >= 15 is 0 Å². The molecule has 0 heterocycles. The number of fused-ring (bicyclic) bond motifs is 5. The number of rotatable bonds is 4. The topological polar surface area (TPSA) is 37.3 Å². The second kappa shape index (κ2) is 7.27. The van der Waals surface area contributed by atoms with Gasteiger partial charge in [0.15, 0.2) is 0 Å². The molecule has 5 heteroatoms. The minimum atomic E-state index is -2.62. The van der Waals surface area contributed by atoms with Gasteiger partial charge >= 0.3 is 0 Å². The van der Waals surface area contributed by atoms with E-state index in [1.807, 2.05) is 6.26 Å². The van der Waals surface area contributed by atoms with Crippen LogP contribution in [0.15, 0.2) is 0 Å². The van der Waals surface area contributed by atoms with Crippen LogP contribution in [0.2, 0.25) is 0 Å². The van der Waals surface area contributed by atoms with Crippen molar-refractivity contribution in [1.29, 1.82) is 0 Å². The van der Waals surface area contributed by atoms with Crippen molar-refractivity contribution in [2.24, 2.45) is 40.9 Å². The largest absolute Gasteiger partial charge is 0.384 e. The quantitative estimate of drug-likeness (QED) is 0.706. The molecule has 4 aliphatic carbocycles. The van der Waals surface area contributed by atoms with E-state index in [1.165, 1.54) is 6.42 Å². The van der Waals surface area contributed by atoms with Crippen LogP contribution in [0.3, 0.4) is 0 Å². The number of aliphatic hydroxyl groups is 1. The average Bonchev–Trinajstić information content (AvgIpc) is 2.98. The zero-order valence-corrected chi connectivity index (χ0v) is 17.4. The molecule has 0 amide bonds. The Kier molecular flexibility index (Phi) is 5.42. The van der Waals surface area contributed by atoms with E-state index in [-0.39, 0.29) is 30.1 Å².